The first kappa shape index (κ1) is 15.8. The maximum absolute atomic E-state index is 12.3. The van der Waals surface area contributed by atoms with Gasteiger partial charge in [-0.05, 0) is 36.2 Å². The summed E-state index contributed by atoms with van der Waals surface area (Å²) in [7, 11) is -3.86. The number of para-hydroxylation sites is 1. The standard InChI is InChI=1S/C15H15NO5S/c1-10-3-2-4-13(17)15(10)16-22(20,21)12-7-5-11(6-8-12)9-14(18)19/h2-8,16-17H,9H2,1H3,(H,18,19). The lowest BCUT2D eigenvalue weighted by molar-refractivity contribution is -0.136. The molecule has 2 rings (SSSR count). The molecular weight excluding hydrogens is 306 g/mol. The van der Waals surface area contributed by atoms with Crippen molar-refractivity contribution in [2.24, 2.45) is 0 Å². The molecule has 6 nitrogen and oxygen atoms in total. The summed E-state index contributed by atoms with van der Waals surface area (Å²) in [5.74, 6) is -1.15. The molecule has 0 fully saturated rings. The van der Waals surface area contributed by atoms with Crippen LogP contribution in [0, 0.1) is 6.92 Å². The molecule has 3 N–H and O–H groups in total. The van der Waals surface area contributed by atoms with Gasteiger partial charge in [0.05, 0.1) is 17.0 Å². The predicted molar refractivity (Wildman–Crippen MR) is 81.4 cm³/mol. The topological polar surface area (TPSA) is 104 Å². The van der Waals surface area contributed by atoms with Gasteiger partial charge in [-0.2, -0.15) is 0 Å². The molecule has 0 aliphatic heterocycles. The van der Waals surface area contributed by atoms with Gasteiger partial charge in [0.15, 0.2) is 0 Å². The minimum Gasteiger partial charge on any atom is -0.506 e. The molecule has 0 unspecified atom stereocenters. The minimum atomic E-state index is -3.86. The number of sulfonamides is 1. The third-order valence-electron chi connectivity index (χ3n) is 3.08. The smallest absolute Gasteiger partial charge is 0.307 e. The zero-order chi connectivity index (χ0) is 16.3. The number of benzene rings is 2. The number of nitrogens with one attached hydrogen (secondary N) is 1. The molecule has 0 amide bonds. The molecule has 0 radical (unpaired) electrons. The van der Waals surface area contributed by atoms with Crippen LogP contribution in [0.15, 0.2) is 47.4 Å². The second-order valence-corrected chi connectivity index (χ2v) is 6.47. The summed E-state index contributed by atoms with van der Waals surface area (Å²) in [6.45, 7) is 1.67. The summed E-state index contributed by atoms with van der Waals surface area (Å²) in [5.41, 5.74) is 1.22. The molecule has 2 aromatic rings. The second kappa shape index (κ2) is 6.07. The number of hydrogen-bond donors (Lipinski definition) is 3. The summed E-state index contributed by atoms with van der Waals surface area (Å²) in [4.78, 5) is 10.6. The summed E-state index contributed by atoms with van der Waals surface area (Å²) in [6.07, 6.45) is -0.174. The molecule has 2 aromatic carbocycles. The van der Waals surface area contributed by atoms with Gasteiger partial charge < -0.3 is 10.2 Å². The van der Waals surface area contributed by atoms with Crippen LogP contribution in [-0.2, 0) is 21.2 Å². The first-order valence-electron chi connectivity index (χ1n) is 6.42. The van der Waals surface area contributed by atoms with E-state index in [0.717, 1.165) is 0 Å². The zero-order valence-corrected chi connectivity index (χ0v) is 12.6. The molecule has 22 heavy (non-hydrogen) atoms. The number of aliphatic carboxylic acids is 1. The quantitative estimate of drug-likeness (QED) is 0.732. The van der Waals surface area contributed by atoms with E-state index < -0.39 is 16.0 Å². The van der Waals surface area contributed by atoms with Crippen LogP contribution in [0.1, 0.15) is 11.1 Å². The Labute approximate surface area is 128 Å². The average molecular weight is 321 g/mol. The van der Waals surface area contributed by atoms with Crippen LogP contribution in [-0.4, -0.2) is 24.6 Å². The van der Waals surface area contributed by atoms with Gasteiger partial charge in [-0.3, -0.25) is 9.52 Å². The molecule has 0 aliphatic rings. The highest BCUT2D eigenvalue weighted by atomic mass is 32.2. The van der Waals surface area contributed by atoms with E-state index in [1.165, 1.54) is 30.3 Å². The van der Waals surface area contributed by atoms with E-state index in [9.17, 15) is 18.3 Å². The zero-order valence-electron chi connectivity index (χ0n) is 11.8. The molecule has 0 aliphatic carbocycles. The first-order chi connectivity index (χ1) is 10.3. The second-order valence-electron chi connectivity index (χ2n) is 4.79. The number of anilines is 1. The molecule has 0 heterocycles. The molecule has 0 aromatic heterocycles. The fourth-order valence-electron chi connectivity index (χ4n) is 1.94. The maximum atomic E-state index is 12.3. The fourth-order valence-corrected chi connectivity index (χ4v) is 3.09. The fraction of sp³-hybridized carbons (Fsp3) is 0.133. The Morgan fingerprint density at radius 3 is 2.32 bits per heavy atom. The van der Waals surface area contributed by atoms with Crippen LogP contribution < -0.4 is 4.72 Å². The van der Waals surface area contributed by atoms with Gasteiger partial charge in [-0.25, -0.2) is 8.42 Å². The Hall–Kier alpha value is -2.54. The number of carboxylic acid groups (broad SMARTS) is 1. The summed E-state index contributed by atoms with van der Waals surface area (Å²) < 4.78 is 26.9. The van der Waals surface area contributed by atoms with E-state index >= 15 is 0 Å². The highest BCUT2D eigenvalue weighted by Crippen LogP contribution is 2.29. The molecule has 0 saturated heterocycles. The number of aryl methyl sites for hydroxylation is 1. The molecule has 0 bridgehead atoms. The lowest BCUT2D eigenvalue weighted by atomic mass is 10.2. The molecule has 0 spiro atoms. The third kappa shape index (κ3) is 3.56. The summed E-state index contributed by atoms with van der Waals surface area (Å²) >= 11 is 0. The van der Waals surface area contributed by atoms with Crippen molar-refractivity contribution in [3.05, 3.63) is 53.6 Å². The van der Waals surface area contributed by atoms with Gasteiger partial charge >= 0.3 is 5.97 Å². The van der Waals surface area contributed by atoms with Crippen molar-refractivity contribution in [3.63, 3.8) is 0 Å². The van der Waals surface area contributed by atoms with Crippen LogP contribution >= 0.6 is 0 Å². The third-order valence-corrected chi connectivity index (χ3v) is 4.44. The number of carboxylic acids is 1. The van der Waals surface area contributed by atoms with Crippen molar-refractivity contribution in [2.45, 2.75) is 18.2 Å². The van der Waals surface area contributed by atoms with E-state index in [4.69, 9.17) is 5.11 Å². The van der Waals surface area contributed by atoms with E-state index in [1.54, 1.807) is 19.1 Å². The number of carbonyl (C=O) groups is 1. The van der Waals surface area contributed by atoms with E-state index in [1.807, 2.05) is 0 Å². The van der Waals surface area contributed by atoms with Gasteiger partial charge in [-0.15, -0.1) is 0 Å². The number of aromatic hydroxyl groups is 1. The number of rotatable bonds is 5. The van der Waals surface area contributed by atoms with Gasteiger partial charge in [0.25, 0.3) is 10.0 Å². The Morgan fingerprint density at radius 1 is 1.14 bits per heavy atom. The van der Waals surface area contributed by atoms with Crippen molar-refractivity contribution in [2.75, 3.05) is 4.72 Å². The highest BCUT2D eigenvalue weighted by molar-refractivity contribution is 7.92. The molecule has 0 atom stereocenters. The van der Waals surface area contributed by atoms with E-state index in [-0.39, 0.29) is 22.8 Å². The Morgan fingerprint density at radius 2 is 1.77 bits per heavy atom. The van der Waals surface area contributed by atoms with Crippen LogP contribution in [0.4, 0.5) is 5.69 Å². The van der Waals surface area contributed by atoms with Crippen molar-refractivity contribution in [3.8, 4) is 5.75 Å². The SMILES string of the molecule is Cc1cccc(O)c1NS(=O)(=O)c1ccc(CC(=O)O)cc1. The number of phenolic OH excluding ortho intramolecular Hbond substituents is 1. The number of hydrogen-bond acceptors (Lipinski definition) is 4. The Balaban J connectivity index is 2.29. The first-order valence-corrected chi connectivity index (χ1v) is 7.90. The van der Waals surface area contributed by atoms with Crippen LogP contribution in [0.25, 0.3) is 0 Å². The van der Waals surface area contributed by atoms with Crippen molar-refractivity contribution >= 4 is 21.7 Å². The Kier molecular flexibility index (Phi) is 4.37. The molecule has 7 heteroatoms. The predicted octanol–water partition coefficient (Wildman–Crippen LogP) is 2.13. The van der Waals surface area contributed by atoms with Crippen LogP contribution in [0.2, 0.25) is 0 Å². The normalized spacial score (nSPS) is 11.1. The summed E-state index contributed by atoms with van der Waals surface area (Å²) in [5, 5.41) is 18.4. The molecule has 116 valence electrons. The van der Waals surface area contributed by atoms with Crippen LogP contribution in [0.3, 0.4) is 0 Å². The largest absolute Gasteiger partial charge is 0.506 e. The maximum Gasteiger partial charge on any atom is 0.307 e. The summed E-state index contributed by atoms with van der Waals surface area (Å²) in [6, 6.07) is 10.2. The molecular formula is C15H15NO5S. The van der Waals surface area contributed by atoms with Crippen molar-refractivity contribution < 1.29 is 23.4 Å². The Bertz CT molecular complexity index is 777. The average Bonchev–Trinajstić information content (AvgIpc) is 2.43. The van der Waals surface area contributed by atoms with E-state index in [0.29, 0.717) is 11.1 Å². The minimum absolute atomic E-state index is 0.00991. The van der Waals surface area contributed by atoms with Gasteiger partial charge in [0, 0.05) is 0 Å². The van der Waals surface area contributed by atoms with Crippen LogP contribution in [0.5, 0.6) is 5.75 Å². The van der Waals surface area contributed by atoms with Gasteiger partial charge in [0.2, 0.25) is 0 Å². The monoisotopic (exact) mass is 321 g/mol. The number of phenols is 1. The van der Waals surface area contributed by atoms with Crippen molar-refractivity contribution in [1.29, 1.82) is 0 Å². The molecule has 0 saturated carbocycles. The lowest BCUT2D eigenvalue weighted by Crippen LogP contribution is -2.14. The van der Waals surface area contributed by atoms with E-state index in [2.05, 4.69) is 4.72 Å². The van der Waals surface area contributed by atoms with Gasteiger partial charge in [-0.1, -0.05) is 24.3 Å². The highest BCUT2D eigenvalue weighted by Gasteiger charge is 2.17. The van der Waals surface area contributed by atoms with Gasteiger partial charge in [0.1, 0.15) is 5.75 Å². The lowest BCUT2D eigenvalue weighted by Gasteiger charge is -2.12. The van der Waals surface area contributed by atoms with Crippen molar-refractivity contribution in [1.82, 2.24) is 0 Å².